The molecule has 3 heteroatoms. The molecule has 0 aliphatic rings. The number of halogens is 1. The molecule has 14 heavy (non-hydrogen) atoms. The van der Waals surface area contributed by atoms with Crippen molar-refractivity contribution in [1.29, 1.82) is 0 Å². The maximum absolute atomic E-state index is 5.94. The van der Waals surface area contributed by atoms with Crippen molar-refractivity contribution < 1.29 is 31.0 Å². The van der Waals surface area contributed by atoms with Crippen LogP contribution in [0.1, 0.15) is 19.4 Å². The van der Waals surface area contributed by atoms with E-state index >= 15 is 0 Å². The van der Waals surface area contributed by atoms with Gasteiger partial charge in [0.05, 0.1) is 11.1 Å². The Morgan fingerprint density at radius 3 is 2.57 bits per heavy atom. The summed E-state index contributed by atoms with van der Waals surface area (Å²) in [5, 5.41) is 2.33. The second-order valence-electron chi connectivity index (χ2n) is 3.07. The van der Waals surface area contributed by atoms with E-state index in [1.165, 1.54) is 5.39 Å². The van der Waals surface area contributed by atoms with Gasteiger partial charge in [0, 0.05) is 11.6 Å². The van der Waals surface area contributed by atoms with Crippen LogP contribution in [-0.4, -0.2) is 4.98 Å². The molecule has 0 aliphatic carbocycles. The molecule has 1 unspecified atom stereocenters. The summed E-state index contributed by atoms with van der Waals surface area (Å²) in [5.41, 5.74) is 0.931. The Balaban J connectivity index is 0.000000980. The molecule has 0 aliphatic heterocycles. The van der Waals surface area contributed by atoms with Crippen LogP contribution in [-0.2, 0) is 0 Å². The molecule has 0 bridgehead atoms. The summed E-state index contributed by atoms with van der Waals surface area (Å²) in [6, 6.07) is 10.2. The number of pyridine rings is 1. The van der Waals surface area contributed by atoms with Crippen LogP contribution in [0.5, 0.6) is 0 Å². The maximum atomic E-state index is 5.94. The third kappa shape index (κ3) is 2.48. The topological polar surface area (TPSA) is 12.9 Å². The Labute approximate surface area is 112 Å². The first-order chi connectivity index (χ1) is 6.27. The Hall–Kier alpha value is -0.0800. The molecule has 68 valence electrons. The van der Waals surface area contributed by atoms with Crippen LogP contribution >= 0.6 is 11.6 Å². The van der Waals surface area contributed by atoms with Gasteiger partial charge < -0.3 is 1.43 Å². The van der Waals surface area contributed by atoms with E-state index in [4.69, 9.17) is 11.6 Å². The molecule has 0 amide bonds. The number of benzene rings is 1. The molecule has 1 nitrogen and oxygen atoms in total. The summed E-state index contributed by atoms with van der Waals surface area (Å²) in [6.45, 7) is 1.93. The third-order valence-corrected chi connectivity index (χ3v) is 2.28. The van der Waals surface area contributed by atoms with Crippen molar-refractivity contribution in [2.75, 3.05) is 0 Å². The van der Waals surface area contributed by atoms with E-state index in [0.717, 1.165) is 11.1 Å². The van der Waals surface area contributed by atoms with Gasteiger partial charge in [-0.3, -0.25) is 4.98 Å². The number of alkyl halides is 1. The molecule has 1 aromatic carbocycles. The van der Waals surface area contributed by atoms with E-state index in [0.29, 0.717) is 0 Å². The number of hydrogen-bond acceptors (Lipinski definition) is 1. The summed E-state index contributed by atoms with van der Waals surface area (Å²) < 4.78 is 0. The van der Waals surface area contributed by atoms with Crippen molar-refractivity contribution in [3.63, 3.8) is 0 Å². The summed E-state index contributed by atoms with van der Waals surface area (Å²) in [6.07, 6.45) is 1.86. The van der Waals surface area contributed by atoms with Gasteiger partial charge in [-0.05, 0) is 18.4 Å². The molecule has 0 N–H and O–H groups in total. The minimum atomic E-state index is -0.0235. The van der Waals surface area contributed by atoms with Crippen molar-refractivity contribution in [1.82, 2.24) is 4.98 Å². The average Bonchev–Trinajstić information content (AvgIpc) is 2.17. The Morgan fingerprint density at radius 2 is 1.93 bits per heavy atom. The summed E-state index contributed by atoms with van der Waals surface area (Å²) in [5.74, 6) is 0. The molecular weight excluding hydrogens is 205 g/mol. The molecule has 0 spiro atoms. The first kappa shape index (κ1) is 12.0. The molecule has 1 atom stereocenters. The largest absolute Gasteiger partial charge is 1.00 e. The van der Waals surface area contributed by atoms with Gasteiger partial charge in [0.1, 0.15) is 0 Å². The molecule has 0 radical (unpaired) electrons. The Kier molecular flexibility index (Phi) is 4.39. The van der Waals surface area contributed by atoms with Crippen LogP contribution in [0.3, 0.4) is 0 Å². The average molecular weight is 216 g/mol. The standard InChI is InChI=1S/C11H10ClN.Na.H/c1-8(12)11-6-9-4-2-3-5-10(9)7-13-11;;/h2-8H,1H3;;/q;+1;-1. The minimum Gasteiger partial charge on any atom is -1.00 e. The molecular formula is C11H11ClNNa. The maximum Gasteiger partial charge on any atom is 1.00 e. The molecule has 2 rings (SSSR count). The second kappa shape index (κ2) is 5.13. The first-order valence-corrected chi connectivity index (χ1v) is 4.70. The number of nitrogens with zero attached hydrogens (tertiary/aromatic N) is 1. The minimum absolute atomic E-state index is 0. The Bertz CT molecular complexity index is 434. The number of rotatable bonds is 1. The van der Waals surface area contributed by atoms with Gasteiger partial charge in [0.25, 0.3) is 0 Å². The molecule has 0 saturated heterocycles. The summed E-state index contributed by atoms with van der Waals surface area (Å²) in [4.78, 5) is 4.27. The predicted molar refractivity (Wildman–Crippen MR) is 57.1 cm³/mol. The molecule has 1 heterocycles. The van der Waals surface area contributed by atoms with Gasteiger partial charge in [-0.25, -0.2) is 0 Å². The van der Waals surface area contributed by atoms with Crippen molar-refractivity contribution in [2.45, 2.75) is 12.3 Å². The van der Waals surface area contributed by atoms with Crippen molar-refractivity contribution in [3.8, 4) is 0 Å². The molecule has 0 saturated carbocycles. The smallest absolute Gasteiger partial charge is 1.00 e. The molecule has 1 aromatic heterocycles. The van der Waals surface area contributed by atoms with E-state index in [1.54, 1.807) is 0 Å². The van der Waals surface area contributed by atoms with Gasteiger partial charge in [0.15, 0.2) is 0 Å². The zero-order chi connectivity index (χ0) is 9.26. The first-order valence-electron chi connectivity index (χ1n) is 4.26. The van der Waals surface area contributed by atoms with Crippen LogP contribution in [0.25, 0.3) is 10.8 Å². The van der Waals surface area contributed by atoms with Crippen molar-refractivity contribution in [2.24, 2.45) is 0 Å². The van der Waals surface area contributed by atoms with Crippen LogP contribution < -0.4 is 29.6 Å². The van der Waals surface area contributed by atoms with Crippen LogP contribution in [0.15, 0.2) is 36.5 Å². The summed E-state index contributed by atoms with van der Waals surface area (Å²) in [7, 11) is 0. The SMILES string of the molecule is CC(Cl)c1cc2ccccc2cn1.[H-].[Na+]. The zero-order valence-electron chi connectivity index (χ0n) is 9.37. The van der Waals surface area contributed by atoms with E-state index in [-0.39, 0.29) is 36.4 Å². The third-order valence-electron chi connectivity index (χ3n) is 2.06. The van der Waals surface area contributed by atoms with Crippen LogP contribution in [0, 0.1) is 0 Å². The van der Waals surface area contributed by atoms with E-state index in [1.807, 2.05) is 37.4 Å². The summed E-state index contributed by atoms with van der Waals surface area (Å²) >= 11 is 5.94. The second-order valence-corrected chi connectivity index (χ2v) is 3.73. The monoisotopic (exact) mass is 215 g/mol. The van der Waals surface area contributed by atoms with Gasteiger partial charge in [0.2, 0.25) is 0 Å². The van der Waals surface area contributed by atoms with Gasteiger partial charge in [-0.1, -0.05) is 24.3 Å². The fraction of sp³-hybridized carbons (Fsp3) is 0.182. The van der Waals surface area contributed by atoms with Crippen LogP contribution in [0.4, 0.5) is 0 Å². The number of aromatic nitrogens is 1. The Morgan fingerprint density at radius 1 is 1.29 bits per heavy atom. The van der Waals surface area contributed by atoms with Gasteiger partial charge >= 0.3 is 29.6 Å². The van der Waals surface area contributed by atoms with Crippen molar-refractivity contribution >= 4 is 22.4 Å². The number of fused-ring (bicyclic) bond motifs is 1. The van der Waals surface area contributed by atoms with Gasteiger partial charge in [-0.2, -0.15) is 0 Å². The van der Waals surface area contributed by atoms with E-state index in [9.17, 15) is 0 Å². The normalized spacial score (nSPS) is 12.1. The number of hydrogen-bond donors (Lipinski definition) is 0. The fourth-order valence-corrected chi connectivity index (χ4v) is 1.44. The van der Waals surface area contributed by atoms with Gasteiger partial charge in [-0.15, -0.1) is 11.6 Å². The predicted octanol–water partition coefficient (Wildman–Crippen LogP) is 0.651. The van der Waals surface area contributed by atoms with Crippen molar-refractivity contribution in [3.05, 3.63) is 42.2 Å². The van der Waals surface area contributed by atoms with E-state index in [2.05, 4.69) is 11.1 Å². The fourth-order valence-electron chi connectivity index (χ4n) is 1.32. The molecule has 2 aromatic rings. The quantitative estimate of drug-likeness (QED) is 0.503. The zero-order valence-corrected chi connectivity index (χ0v) is 11.1. The molecule has 0 fully saturated rings. The van der Waals surface area contributed by atoms with Crippen LogP contribution in [0.2, 0.25) is 0 Å². The van der Waals surface area contributed by atoms with E-state index < -0.39 is 0 Å².